The summed E-state index contributed by atoms with van der Waals surface area (Å²) in [6.45, 7) is 0. The van der Waals surface area contributed by atoms with Crippen LogP contribution in [0.1, 0.15) is 32.1 Å². The van der Waals surface area contributed by atoms with Gasteiger partial charge in [-0.1, -0.05) is 12.8 Å². The molecule has 0 bridgehead atoms. The fourth-order valence-electron chi connectivity index (χ4n) is 1.21. The van der Waals surface area contributed by atoms with E-state index in [1.54, 1.807) is 0 Å². The molecule has 1 aliphatic carbocycles. The van der Waals surface area contributed by atoms with Crippen molar-refractivity contribution in [2.24, 2.45) is 5.73 Å². The Morgan fingerprint density at radius 3 is 1.76 bits per heavy atom. The first-order valence-electron chi connectivity index (χ1n) is 4.81. The monoisotopic (exact) mass is 431 g/mol. The zero-order valence-corrected chi connectivity index (χ0v) is 11.7. The summed E-state index contributed by atoms with van der Waals surface area (Å²) in [5, 5.41) is 24.1. The number of nitrogens with two attached hydrogens (primary N) is 1. The van der Waals surface area contributed by atoms with Crippen LogP contribution in [0.4, 0.5) is 0 Å². The summed E-state index contributed by atoms with van der Waals surface area (Å²) in [7, 11) is 0. The number of carboxylic acids is 2. The molecule has 0 spiro atoms. The van der Waals surface area contributed by atoms with E-state index < -0.39 is 24.5 Å². The molecule has 1 rings (SSSR count). The normalized spacial score (nSPS) is 15.6. The molecule has 17 heavy (non-hydrogen) atoms. The SMILES string of the molecule is N.NC1CCCC1.O=C(O)C[C@H](O)C(=O)O.[Pt]. The van der Waals surface area contributed by atoms with E-state index in [4.69, 9.17) is 21.1 Å². The first kappa shape index (κ1) is 21.8. The third-order valence-electron chi connectivity index (χ3n) is 2.05. The average Bonchev–Trinajstić information content (AvgIpc) is 2.55. The number of carboxylic acid groups (broad SMARTS) is 2. The molecule has 1 atom stereocenters. The quantitative estimate of drug-likeness (QED) is 0.420. The first-order valence-corrected chi connectivity index (χ1v) is 4.81. The van der Waals surface area contributed by atoms with Gasteiger partial charge in [-0.05, 0) is 12.8 Å². The Labute approximate surface area is 114 Å². The third kappa shape index (κ3) is 13.4. The second kappa shape index (κ2) is 12.0. The summed E-state index contributed by atoms with van der Waals surface area (Å²) >= 11 is 0. The van der Waals surface area contributed by atoms with E-state index in [1.807, 2.05) is 0 Å². The Balaban J connectivity index is -0.000000216. The van der Waals surface area contributed by atoms with Gasteiger partial charge < -0.3 is 27.2 Å². The van der Waals surface area contributed by atoms with E-state index in [-0.39, 0.29) is 27.2 Å². The zero-order chi connectivity index (χ0) is 11.8. The van der Waals surface area contributed by atoms with Crippen LogP contribution in [-0.2, 0) is 30.7 Å². The molecule has 106 valence electrons. The predicted octanol–water partition coefficient (Wildman–Crippen LogP) is -0.0462. The van der Waals surface area contributed by atoms with Gasteiger partial charge in [0.2, 0.25) is 0 Å². The molecule has 7 nitrogen and oxygen atoms in total. The van der Waals surface area contributed by atoms with Gasteiger partial charge in [-0.3, -0.25) is 4.79 Å². The minimum absolute atomic E-state index is 0. The summed E-state index contributed by atoms with van der Waals surface area (Å²) in [5.74, 6) is -2.85. The standard InChI is InChI=1S/C5H11N.C4H6O5.H3N.Pt/c6-5-3-1-2-4-5;5-2(4(8)9)1-3(6)7;;/h5H,1-4,6H2;2,5H,1H2,(H,6,7)(H,8,9);1H3;/t;2-;;/m.0../s1. The average molecular weight is 431 g/mol. The fourth-order valence-corrected chi connectivity index (χ4v) is 1.21. The van der Waals surface area contributed by atoms with Crippen molar-refractivity contribution < 1.29 is 46.0 Å². The Morgan fingerprint density at radius 2 is 1.65 bits per heavy atom. The van der Waals surface area contributed by atoms with Crippen molar-refractivity contribution >= 4 is 11.9 Å². The van der Waals surface area contributed by atoms with E-state index in [2.05, 4.69) is 0 Å². The summed E-state index contributed by atoms with van der Waals surface area (Å²) in [4.78, 5) is 19.4. The molecule has 0 heterocycles. The maximum absolute atomic E-state index is 9.72. The predicted molar refractivity (Wildman–Crippen MR) is 57.4 cm³/mol. The van der Waals surface area contributed by atoms with Crippen LogP contribution in [-0.4, -0.2) is 39.4 Å². The summed E-state index contributed by atoms with van der Waals surface area (Å²) in [6.07, 6.45) is 2.71. The molecular weight excluding hydrogens is 411 g/mol. The van der Waals surface area contributed by atoms with Crippen LogP contribution in [0.3, 0.4) is 0 Å². The Morgan fingerprint density at radius 1 is 1.24 bits per heavy atom. The van der Waals surface area contributed by atoms with Gasteiger partial charge in [0, 0.05) is 27.1 Å². The molecule has 1 fully saturated rings. The number of hydrogen-bond donors (Lipinski definition) is 5. The molecule has 0 radical (unpaired) electrons. The summed E-state index contributed by atoms with van der Waals surface area (Å²) in [6, 6.07) is 0.546. The molecule has 0 amide bonds. The van der Waals surface area contributed by atoms with Crippen LogP contribution in [0, 0.1) is 0 Å². The maximum Gasteiger partial charge on any atom is 0.333 e. The van der Waals surface area contributed by atoms with Crippen LogP contribution in [0.2, 0.25) is 0 Å². The molecule has 0 aliphatic heterocycles. The van der Waals surface area contributed by atoms with E-state index in [1.165, 1.54) is 25.7 Å². The van der Waals surface area contributed by atoms with E-state index >= 15 is 0 Å². The van der Waals surface area contributed by atoms with Gasteiger partial charge in [-0.15, -0.1) is 0 Å². The van der Waals surface area contributed by atoms with Gasteiger partial charge in [0.25, 0.3) is 0 Å². The minimum atomic E-state index is -1.79. The molecule has 0 aromatic rings. The number of hydrogen-bond acceptors (Lipinski definition) is 5. The van der Waals surface area contributed by atoms with Gasteiger partial charge in [0.05, 0.1) is 6.42 Å². The number of rotatable bonds is 3. The number of aliphatic hydroxyl groups excluding tert-OH is 1. The Bertz CT molecular complexity index is 221. The van der Waals surface area contributed by atoms with Gasteiger partial charge in [-0.2, -0.15) is 0 Å². The van der Waals surface area contributed by atoms with E-state index in [0.717, 1.165) is 0 Å². The topological polar surface area (TPSA) is 156 Å². The smallest absolute Gasteiger partial charge is 0.333 e. The molecule has 1 aliphatic rings. The molecular formula is C9H20N2O5Pt. The molecule has 8 heteroatoms. The van der Waals surface area contributed by atoms with Crippen LogP contribution >= 0.6 is 0 Å². The van der Waals surface area contributed by atoms with Gasteiger partial charge in [0.1, 0.15) is 0 Å². The molecule has 0 aromatic heterocycles. The maximum atomic E-state index is 9.72. The minimum Gasteiger partial charge on any atom is -0.481 e. The summed E-state index contributed by atoms with van der Waals surface area (Å²) in [5.41, 5.74) is 5.53. The van der Waals surface area contributed by atoms with Gasteiger partial charge >= 0.3 is 11.9 Å². The molecule has 0 aromatic carbocycles. The van der Waals surface area contributed by atoms with Gasteiger partial charge in [0.15, 0.2) is 6.10 Å². The van der Waals surface area contributed by atoms with Crippen molar-refractivity contribution in [2.75, 3.05) is 0 Å². The second-order valence-corrected chi connectivity index (χ2v) is 3.50. The third-order valence-corrected chi connectivity index (χ3v) is 2.05. The molecule has 0 unspecified atom stereocenters. The van der Waals surface area contributed by atoms with Crippen molar-refractivity contribution in [3.05, 3.63) is 0 Å². The molecule has 1 saturated carbocycles. The van der Waals surface area contributed by atoms with Crippen LogP contribution in [0.15, 0.2) is 0 Å². The largest absolute Gasteiger partial charge is 0.481 e. The second-order valence-electron chi connectivity index (χ2n) is 3.50. The van der Waals surface area contributed by atoms with Crippen molar-refractivity contribution in [3.63, 3.8) is 0 Å². The number of aliphatic hydroxyl groups is 1. The Hall–Kier alpha value is -0.492. The van der Waals surface area contributed by atoms with Crippen molar-refractivity contribution in [3.8, 4) is 0 Å². The van der Waals surface area contributed by atoms with Crippen molar-refractivity contribution in [1.29, 1.82) is 0 Å². The van der Waals surface area contributed by atoms with Crippen molar-refractivity contribution in [1.82, 2.24) is 6.15 Å². The summed E-state index contributed by atoms with van der Waals surface area (Å²) < 4.78 is 0. The first-order chi connectivity index (χ1) is 6.93. The van der Waals surface area contributed by atoms with Crippen LogP contribution in [0.5, 0.6) is 0 Å². The van der Waals surface area contributed by atoms with E-state index in [0.29, 0.717) is 6.04 Å². The van der Waals surface area contributed by atoms with Crippen LogP contribution < -0.4 is 11.9 Å². The zero-order valence-electron chi connectivity index (χ0n) is 9.45. The number of carbonyl (C=O) groups is 2. The number of aliphatic carboxylic acids is 2. The molecule has 0 saturated heterocycles. The Kier molecular flexibility index (Phi) is 15.3. The van der Waals surface area contributed by atoms with Crippen LogP contribution in [0.25, 0.3) is 0 Å². The van der Waals surface area contributed by atoms with E-state index in [9.17, 15) is 9.59 Å². The van der Waals surface area contributed by atoms with Crippen molar-refractivity contribution in [2.45, 2.75) is 44.2 Å². The van der Waals surface area contributed by atoms with Gasteiger partial charge in [-0.25, -0.2) is 4.79 Å². The fraction of sp³-hybridized carbons (Fsp3) is 0.778. The molecule has 8 N–H and O–H groups in total.